The largest absolute Gasteiger partial charge is 0.329 e. The van der Waals surface area contributed by atoms with Gasteiger partial charge in [-0.2, -0.15) is 5.10 Å². The molecule has 0 aliphatic rings. The number of carbonyl (C=O) groups is 2. The average Bonchev–Trinajstić information content (AvgIpc) is 2.97. The summed E-state index contributed by atoms with van der Waals surface area (Å²) in [4.78, 5) is 23.9. The van der Waals surface area contributed by atoms with E-state index in [1.54, 1.807) is 24.3 Å². The van der Waals surface area contributed by atoms with E-state index in [2.05, 4.69) is 39.5 Å². The summed E-state index contributed by atoms with van der Waals surface area (Å²) in [6.07, 6.45) is 1.53. The van der Waals surface area contributed by atoms with Crippen molar-refractivity contribution in [3.05, 3.63) is 82.1 Å². The second kappa shape index (κ2) is 8.75. The summed E-state index contributed by atoms with van der Waals surface area (Å²) in [5.74, 6) is -1.67. The lowest BCUT2D eigenvalue weighted by Gasteiger charge is -2.12. The SMILES string of the molecule is Cc1ccccc1-n1c(C)cc(/C=N\NC(=O)C(=O)Nc2ccc(Cl)cc2)c1C. The van der Waals surface area contributed by atoms with E-state index in [1.165, 1.54) is 6.21 Å². The second-order valence-electron chi connectivity index (χ2n) is 6.61. The number of rotatable bonds is 4. The number of benzene rings is 2. The fraction of sp³-hybridized carbons (Fsp3) is 0.136. The van der Waals surface area contributed by atoms with Crippen molar-refractivity contribution in [3.8, 4) is 5.69 Å². The van der Waals surface area contributed by atoms with Crippen LogP contribution in [0.15, 0.2) is 59.7 Å². The summed E-state index contributed by atoms with van der Waals surface area (Å²) < 4.78 is 2.13. The number of carbonyl (C=O) groups excluding carboxylic acids is 2. The summed E-state index contributed by atoms with van der Waals surface area (Å²) in [5, 5.41) is 6.95. The summed E-state index contributed by atoms with van der Waals surface area (Å²) in [5.41, 5.74) is 7.86. The number of hydrogen-bond acceptors (Lipinski definition) is 3. The maximum Gasteiger partial charge on any atom is 0.329 e. The van der Waals surface area contributed by atoms with Crippen molar-refractivity contribution in [3.63, 3.8) is 0 Å². The fourth-order valence-electron chi connectivity index (χ4n) is 3.04. The van der Waals surface area contributed by atoms with Gasteiger partial charge in [0.05, 0.1) is 6.21 Å². The van der Waals surface area contributed by atoms with Crippen molar-refractivity contribution < 1.29 is 9.59 Å². The van der Waals surface area contributed by atoms with Gasteiger partial charge >= 0.3 is 11.8 Å². The highest BCUT2D eigenvalue weighted by atomic mass is 35.5. The monoisotopic (exact) mass is 408 g/mol. The van der Waals surface area contributed by atoms with Crippen LogP contribution in [0.3, 0.4) is 0 Å². The molecule has 0 saturated heterocycles. The predicted molar refractivity (Wildman–Crippen MR) is 116 cm³/mol. The minimum absolute atomic E-state index is 0.473. The van der Waals surface area contributed by atoms with Crippen LogP contribution in [0.1, 0.15) is 22.5 Å². The number of nitrogens with zero attached hydrogens (tertiary/aromatic N) is 2. The zero-order valence-corrected chi connectivity index (χ0v) is 17.1. The average molecular weight is 409 g/mol. The van der Waals surface area contributed by atoms with Gasteiger partial charge in [0, 0.05) is 33.3 Å². The summed E-state index contributed by atoms with van der Waals surface area (Å²) >= 11 is 5.80. The highest BCUT2D eigenvalue weighted by Crippen LogP contribution is 2.22. The zero-order valence-electron chi connectivity index (χ0n) is 16.4. The minimum Gasteiger partial charge on any atom is -0.318 e. The molecule has 0 aliphatic carbocycles. The Hall–Kier alpha value is -3.38. The molecule has 148 valence electrons. The van der Waals surface area contributed by atoms with E-state index in [0.29, 0.717) is 10.7 Å². The Balaban J connectivity index is 1.68. The first-order valence-corrected chi connectivity index (χ1v) is 9.39. The van der Waals surface area contributed by atoms with E-state index in [0.717, 1.165) is 28.2 Å². The normalized spacial score (nSPS) is 10.9. The molecule has 7 heteroatoms. The number of para-hydroxylation sites is 1. The Morgan fingerprint density at radius 3 is 2.38 bits per heavy atom. The van der Waals surface area contributed by atoms with Crippen molar-refractivity contribution in [2.45, 2.75) is 20.8 Å². The Bertz CT molecular complexity index is 1080. The Morgan fingerprint density at radius 1 is 1.00 bits per heavy atom. The topological polar surface area (TPSA) is 75.5 Å². The van der Waals surface area contributed by atoms with Crippen LogP contribution in [0.25, 0.3) is 5.69 Å². The lowest BCUT2D eigenvalue weighted by molar-refractivity contribution is -0.136. The molecule has 0 spiro atoms. The van der Waals surface area contributed by atoms with E-state index >= 15 is 0 Å². The molecule has 0 atom stereocenters. The first-order valence-electron chi connectivity index (χ1n) is 9.01. The quantitative estimate of drug-likeness (QED) is 0.386. The molecular formula is C22H21ClN4O2. The molecule has 2 amide bonds. The second-order valence-corrected chi connectivity index (χ2v) is 7.04. The predicted octanol–water partition coefficient (Wildman–Crippen LogP) is 4.14. The van der Waals surface area contributed by atoms with Crippen LogP contribution >= 0.6 is 11.6 Å². The standard InChI is InChI=1S/C22H21ClN4O2/c1-14-6-4-5-7-20(14)27-15(2)12-17(16(27)3)13-24-26-22(29)21(28)25-19-10-8-18(23)9-11-19/h4-13H,1-3H3,(H,25,28)(H,26,29)/b24-13-. The van der Waals surface area contributed by atoms with Crippen molar-refractivity contribution in [1.82, 2.24) is 9.99 Å². The highest BCUT2D eigenvalue weighted by molar-refractivity contribution is 6.39. The van der Waals surface area contributed by atoms with Crippen molar-refractivity contribution in [2.24, 2.45) is 5.10 Å². The number of aromatic nitrogens is 1. The van der Waals surface area contributed by atoms with Gasteiger partial charge in [0.25, 0.3) is 0 Å². The van der Waals surface area contributed by atoms with Crippen LogP contribution in [-0.2, 0) is 9.59 Å². The first-order chi connectivity index (χ1) is 13.9. The molecular weight excluding hydrogens is 388 g/mol. The molecule has 0 fully saturated rings. The number of aryl methyl sites for hydroxylation is 2. The van der Waals surface area contributed by atoms with Gasteiger partial charge in [0.1, 0.15) is 0 Å². The van der Waals surface area contributed by atoms with E-state index < -0.39 is 11.8 Å². The van der Waals surface area contributed by atoms with Gasteiger partial charge in [-0.25, -0.2) is 5.43 Å². The summed E-state index contributed by atoms with van der Waals surface area (Å²) in [6.45, 7) is 6.05. The van der Waals surface area contributed by atoms with Crippen LogP contribution in [0, 0.1) is 20.8 Å². The Kier molecular flexibility index (Phi) is 6.14. The highest BCUT2D eigenvalue weighted by Gasteiger charge is 2.14. The Morgan fingerprint density at radius 2 is 1.69 bits per heavy atom. The number of amides is 2. The van der Waals surface area contributed by atoms with Crippen LogP contribution in [0.4, 0.5) is 5.69 Å². The van der Waals surface area contributed by atoms with Crippen molar-refractivity contribution in [2.75, 3.05) is 5.32 Å². The van der Waals surface area contributed by atoms with Crippen LogP contribution < -0.4 is 10.7 Å². The van der Waals surface area contributed by atoms with Gasteiger partial charge < -0.3 is 9.88 Å². The minimum atomic E-state index is -0.857. The fourth-order valence-corrected chi connectivity index (χ4v) is 3.16. The number of nitrogens with one attached hydrogen (secondary N) is 2. The number of hydrazone groups is 1. The molecule has 0 bridgehead atoms. The molecule has 3 rings (SSSR count). The van der Waals surface area contributed by atoms with E-state index in [9.17, 15) is 9.59 Å². The van der Waals surface area contributed by atoms with Crippen LogP contribution in [0.2, 0.25) is 5.02 Å². The lowest BCUT2D eigenvalue weighted by Crippen LogP contribution is -2.32. The molecule has 0 unspecified atom stereocenters. The summed E-state index contributed by atoms with van der Waals surface area (Å²) in [6, 6.07) is 16.5. The lowest BCUT2D eigenvalue weighted by atomic mass is 10.2. The maximum atomic E-state index is 12.0. The third kappa shape index (κ3) is 4.73. The molecule has 6 nitrogen and oxygen atoms in total. The van der Waals surface area contributed by atoms with Gasteiger partial charge in [-0.1, -0.05) is 29.8 Å². The van der Waals surface area contributed by atoms with E-state index in [4.69, 9.17) is 11.6 Å². The van der Waals surface area contributed by atoms with Gasteiger partial charge in [-0.15, -0.1) is 0 Å². The van der Waals surface area contributed by atoms with Crippen LogP contribution in [0.5, 0.6) is 0 Å². The first kappa shape index (κ1) is 20.4. The molecule has 29 heavy (non-hydrogen) atoms. The molecule has 0 aliphatic heterocycles. The van der Waals surface area contributed by atoms with E-state index in [1.807, 2.05) is 32.0 Å². The molecule has 0 saturated carbocycles. The van der Waals surface area contributed by atoms with Gasteiger partial charge in [0.2, 0.25) is 0 Å². The molecule has 1 heterocycles. The maximum absolute atomic E-state index is 12.0. The third-order valence-electron chi connectivity index (χ3n) is 4.50. The van der Waals surface area contributed by atoms with Gasteiger partial charge in [-0.3, -0.25) is 9.59 Å². The van der Waals surface area contributed by atoms with Gasteiger partial charge in [-0.05, 0) is 62.7 Å². The third-order valence-corrected chi connectivity index (χ3v) is 4.76. The molecule has 1 aromatic heterocycles. The molecule has 3 aromatic rings. The number of anilines is 1. The Labute approximate surface area is 174 Å². The summed E-state index contributed by atoms with van der Waals surface area (Å²) in [7, 11) is 0. The molecule has 0 radical (unpaired) electrons. The smallest absolute Gasteiger partial charge is 0.318 e. The van der Waals surface area contributed by atoms with Crippen molar-refractivity contribution >= 4 is 35.3 Å². The zero-order chi connectivity index (χ0) is 21.0. The van der Waals surface area contributed by atoms with E-state index in [-0.39, 0.29) is 0 Å². The molecule has 2 aromatic carbocycles. The van der Waals surface area contributed by atoms with Crippen LogP contribution in [-0.4, -0.2) is 22.6 Å². The van der Waals surface area contributed by atoms with Gasteiger partial charge in [0.15, 0.2) is 0 Å². The number of halogens is 1. The number of hydrogen-bond donors (Lipinski definition) is 2. The molecule has 2 N–H and O–H groups in total. The van der Waals surface area contributed by atoms with Crippen molar-refractivity contribution in [1.29, 1.82) is 0 Å².